The SMILES string of the molecule is FC(F)(F)Oc1ccc(I)nc1Br. The van der Waals surface area contributed by atoms with Crippen LogP contribution in [0.1, 0.15) is 0 Å². The van der Waals surface area contributed by atoms with E-state index in [0.29, 0.717) is 3.70 Å². The summed E-state index contributed by atoms with van der Waals surface area (Å²) in [5.74, 6) is -0.340. The van der Waals surface area contributed by atoms with Gasteiger partial charge in [-0.1, -0.05) is 0 Å². The summed E-state index contributed by atoms with van der Waals surface area (Å²) in [4.78, 5) is 3.74. The van der Waals surface area contributed by atoms with Gasteiger partial charge in [0.25, 0.3) is 0 Å². The Morgan fingerprint density at radius 2 is 2.00 bits per heavy atom. The molecule has 0 aromatic carbocycles. The largest absolute Gasteiger partial charge is 0.573 e. The van der Waals surface area contributed by atoms with Crippen molar-refractivity contribution >= 4 is 38.5 Å². The van der Waals surface area contributed by atoms with Crippen LogP contribution < -0.4 is 4.74 Å². The molecule has 0 atom stereocenters. The molecular formula is C6H2BrF3INO. The molecule has 0 aliphatic heterocycles. The average molecular weight is 368 g/mol. The number of hydrogen-bond acceptors (Lipinski definition) is 2. The number of pyridine rings is 1. The fraction of sp³-hybridized carbons (Fsp3) is 0.167. The van der Waals surface area contributed by atoms with Crippen LogP contribution in [0.3, 0.4) is 0 Å². The molecule has 1 aromatic heterocycles. The molecular weight excluding hydrogens is 366 g/mol. The second-order valence-electron chi connectivity index (χ2n) is 1.97. The lowest BCUT2D eigenvalue weighted by Crippen LogP contribution is -2.17. The first-order valence-corrected chi connectivity index (χ1v) is 4.83. The highest BCUT2D eigenvalue weighted by Gasteiger charge is 2.32. The maximum atomic E-state index is 11.7. The van der Waals surface area contributed by atoms with Crippen LogP contribution in [0.5, 0.6) is 5.75 Å². The van der Waals surface area contributed by atoms with Crippen molar-refractivity contribution in [3.05, 3.63) is 20.4 Å². The molecule has 0 aliphatic carbocycles. The molecule has 2 nitrogen and oxygen atoms in total. The normalized spacial score (nSPS) is 11.5. The summed E-state index contributed by atoms with van der Waals surface area (Å²) in [7, 11) is 0. The van der Waals surface area contributed by atoms with Crippen LogP contribution in [-0.4, -0.2) is 11.3 Å². The van der Waals surface area contributed by atoms with Crippen molar-refractivity contribution in [1.29, 1.82) is 0 Å². The smallest absolute Gasteiger partial charge is 0.403 e. The third kappa shape index (κ3) is 3.67. The average Bonchev–Trinajstić information content (AvgIpc) is 1.93. The van der Waals surface area contributed by atoms with E-state index in [2.05, 4.69) is 25.7 Å². The highest BCUT2D eigenvalue weighted by atomic mass is 127. The van der Waals surface area contributed by atoms with E-state index < -0.39 is 6.36 Å². The summed E-state index contributed by atoms with van der Waals surface area (Å²) in [6.07, 6.45) is -4.68. The van der Waals surface area contributed by atoms with E-state index >= 15 is 0 Å². The Balaban J connectivity index is 2.90. The van der Waals surface area contributed by atoms with Crippen molar-refractivity contribution < 1.29 is 17.9 Å². The molecule has 0 unspecified atom stereocenters. The molecule has 0 aliphatic rings. The Bertz CT molecular complexity index is 317. The zero-order chi connectivity index (χ0) is 10.1. The summed E-state index contributed by atoms with van der Waals surface area (Å²) in [6, 6.07) is 2.62. The second kappa shape index (κ2) is 3.99. The lowest BCUT2D eigenvalue weighted by Gasteiger charge is -2.09. The van der Waals surface area contributed by atoms with Crippen molar-refractivity contribution in [3.8, 4) is 5.75 Å². The number of nitrogens with zero attached hydrogens (tertiary/aromatic N) is 1. The molecule has 0 fully saturated rings. The number of halogens is 5. The third-order valence-electron chi connectivity index (χ3n) is 1.01. The van der Waals surface area contributed by atoms with Gasteiger partial charge in [0.1, 0.15) is 8.30 Å². The van der Waals surface area contributed by atoms with Gasteiger partial charge in [0.2, 0.25) is 0 Å². The van der Waals surface area contributed by atoms with Crippen molar-refractivity contribution in [2.24, 2.45) is 0 Å². The van der Waals surface area contributed by atoms with Crippen molar-refractivity contribution in [3.63, 3.8) is 0 Å². The van der Waals surface area contributed by atoms with Crippen molar-refractivity contribution in [1.82, 2.24) is 4.98 Å². The van der Waals surface area contributed by atoms with Crippen molar-refractivity contribution in [2.75, 3.05) is 0 Å². The highest BCUT2D eigenvalue weighted by Crippen LogP contribution is 2.29. The van der Waals surface area contributed by atoms with Crippen LogP contribution in [-0.2, 0) is 0 Å². The van der Waals surface area contributed by atoms with Crippen molar-refractivity contribution in [2.45, 2.75) is 6.36 Å². The van der Waals surface area contributed by atoms with Gasteiger partial charge in [0.15, 0.2) is 5.75 Å². The first-order valence-electron chi connectivity index (χ1n) is 2.96. The summed E-state index contributed by atoms with van der Waals surface area (Å²) >= 11 is 4.74. The summed E-state index contributed by atoms with van der Waals surface area (Å²) in [5, 5.41) is 0. The van der Waals surface area contributed by atoms with E-state index in [-0.39, 0.29) is 10.4 Å². The highest BCUT2D eigenvalue weighted by molar-refractivity contribution is 14.1. The Kier molecular flexibility index (Phi) is 3.38. The quantitative estimate of drug-likeness (QED) is 0.561. The maximum absolute atomic E-state index is 11.7. The van der Waals surface area contributed by atoms with E-state index in [4.69, 9.17) is 0 Å². The van der Waals surface area contributed by atoms with Gasteiger partial charge in [-0.05, 0) is 50.7 Å². The van der Waals surface area contributed by atoms with Gasteiger partial charge in [0, 0.05) is 0 Å². The van der Waals surface area contributed by atoms with Crippen LogP contribution in [0.15, 0.2) is 16.7 Å². The zero-order valence-electron chi connectivity index (χ0n) is 5.90. The topological polar surface area (TPSA) is 22.1 Å². The van der Waals surface area contributed by atoms with E-state index in [1.165, 1.54) is 12.1 Å². The van der Waals surface area contributed by atoms with Crippen LogP contribution in [0.25, 0.3) is 0 Å². The van der Waals surface area contributed by atoms with Gasteiger partial charge in [-0.2, -0.15) is 0 Å². The Labute approximate surface area is 93.8 Å². The van der Waals surface area contributed by atoms with Crippen LogP contribution in [0.4, 0.5) is 13.2 Å². The minimum absolute atomic E-state index is 0.0386. The zero-order valence-corrected chi connectivity index (χ0v) is 9.64. The van der Waals surface area contributed by atoms with E-state index in [0.717, 1.165) is 0 Å². The van der Waals surface area contributed by atoms with Gasteiger partial charge in [0.05, 0.1) is 0 Å². The maximum Gasteiger partial charge on any atom is 0.573 e. The molecule has 1 heterocycles. The van der Waals surface area contributed by atoms with Gasteiger partial charge < -0.3 is 4.74 Å². The monoisotopic (exact) mass is 367 g/mol. The molecule has 13 heavy (non-hydrogen) atoms. The van der Waals surface area contributed by atoms with Crippen LogP contribution >= 0.6 is 38.5 Å². The Morgan fingerprint density at radius 3 is 2.46 bits per heavy atom. The molecule has 0 saturated heterocycles. The molecule has 1 rings (SSSR count). The molecule has 0 spiro atoms. The molecule has 72 valence electrons. The third-order valence-corrected chi connectivity index (χ3v) is 2.18. The number of aromatic nitrogens is 1. The molecule has 0 bridgehead atoms. The summed E-state index contributed by atoms with van der Waals surface area (Å²) in [6.45, 7) is 0. The first-order chi connectivity index (χ1) is 5.88. The van der Waals surface area contributed by atoms with Gasteiger partial charge >= 0.3 is 6.36 Å². The van der Waals surface area contributed by atoms with Crippen LogP contribution in [0, 0.1) is 3.70 Å². The molecule has 1 aromatic rings. The van der Waals surface area contributed by atoms with Crippen LogP contribution in [0.2, 0.25) is 0 Å². The predicted octanol–water partition coefficient (Wildman–Crippen LogP) is 3.35. The summed E-state index contributed by atoms with van der Waals surface area (Å²) < 4.78 is 39.5. The molecule has 0 saturated carbocycles. The van der Waals surface area contributed by atoms with Gasteiger partial charge in [-0.3, -0.25) is 0 Å². The van der Waals surface area contributed by atoms with Gasteiger partial charge in [-0.25, -0.2) is 4.98 Å². The first kappa shape index (κ1) is 11.0. The molecule has 0 radical (unpaired) electrons. The summed E-state index contributed by atoms with van der Waals surface area (Å²) in [5.41, 5.74) is 0. The molecule has 7 heteroatoms. The number of hydrogen-bond donors (Lipinski definition) is 0. The van der Waals surface area contributed by atoms with Gasteiger partial charge in [-0.15, -0.1) is 13.2 Å². The van der Waals surface area contributed by atoms with E-state index in [1.54, 1.807) is 0 Å². The molecule has 0 amide bonds. The standard InChI is InChI=1S/C6H2BrF3INO/c7-5-3(13-6(8,9)10)1-2-4(11)12-5/h1-2H. The fourth-order valence-corrected chi connectivity index (χ4v) is 1.76. The minimum atomic E-state index is -4.68. The van der Waals surface area contributed by atoms with E-state index in [1.807, 2.05) is 22.6 Å². The Morgan fingerprint density at radius 1 is 1.38 bits per heavy atom. The number of ether oxygens (including phenoxy) is 1. The molecule has 0 N–H and O–H groups in total. The number of alkyl halides is 3. The predicted molar refractivity (Wildman–Crippen MR) is 51.3 cm³/mol. The lowest BCUT2D eigenvalue weighted by molar-refractivity contribution is -0.275. The fourth-order valence-electron chi connectivity index (χ4n) is 0.600. The Hall–Kier alpha value is -0.0500. The second-order valence-corrected chi connectivity index (χ2v) is 3.83. The lowest BCUT2D eigenvalue weighted by atomic mass is 10.5. The minimum Gasteiger partial charge on any atom is -0.403 e. The number of rotatable bonds is 1. The van der Waals surface area contributed by atoms with E-state index in [9.17, 15) is 13.2 Å².